The Labute approximate surface area is 147 Å². The number of benzene rings is 1. The van der Waals surface area contributed by atoms with Crippen molar-refractivity contribution in [3.63, 3.8) is 0 Å². The molecule has 1 aromatic rings. The number of amides is 2. The van der Waals surface area contributed by atoms with Crippen LogP contribution in [0.15, 0.2) is 18.2 Å². The van der Waals surface area contributed by atoms with Crippen LogP contribution in [0.1, 0.15) is 39.0 Å². The Morgan fingerprint density at radius 1 is 1.17 bits per heavy atom. The van der Waals surface area contributed by atoms with E-state index < -0.39 is 0 Å². The molecule has 0 aromatic heterocycles. The molecule has 24 heavy (non-hydrogen) atoms. The van der Waals surface area contributed by atoms with Gasteiger partial charge < -0.3 is 16.4 Å². The number of hydrogen-bond donors (Lipinski definition) is 3. The fraction of sp³-hybridized carbons (Fsp3) is 0.556. The van der Waals surface area contributed by atoms with Crippen molar-refractivity contribution in [1.29, 1.82) is 0 Å². The highest BCUT2D eigenvalue weighted by Gasteiger charge is 2.40. The molecule has 2 aliphatic rings. The Morgan fingerprint density at radius 3 is 2.46 bits per heavy atom. The Balaban J connectivity index is 1.69. The lowest BCUT2D eigenvalue weighted by Gasteiger charge is -2.43. The van der Waals surface area contributed by atoms with E-state index in [0.29, 0.717) is 28.2 Å². The van der Waals surface area contributed by atoms with Gasteiger partial charge in [0.2, 0.25) is 11.8 Å². The maximum Gasteiger partial charge on any atom is 0.227 e. The maximum atomic E-state index is 12.7. The number of hydrogen-bond acceptors (Lipinski definition) is 3. The van der Waals surface area contributed by atoms with Gasteiger partial charge in [0.15, 0.2) is 0 Å². The van der Waals surface area contributed by atoms with Gasteiger partial charge in [-0.1, -0.05) is 18.0 Å². The molecular weight excluding hydrogens is 326 g/mol. The molecule has 6 heteroatoms. The summed E-state index contributed by atoms with van der Waals surface area (Å²) in [6.07, 6.45) is 5.18. The van der Waals surface area contributed by atoms with Crippen LogP contribution in [0, 0.1) is 17.8 Å². The normalized spacial score (nSPS) is 29.0. The first-order chi connectivity index (χ1) is 11.4. The summed E-state index contributed by atoms with van der Waals surface area (Å²) in [7, 11) is 0. The van der Waals surface area contributed by atoms with Gasteiger partial charge in [0.1, 0.15) is 0 Å². The van der Waals surface area contributed by atoms with Gasteiger partial charge in [-0.3, -0.25) is 9.59 Å². The Bertz CT molecular complexity index is 635. The van der Waals surface area contributed by atoms with Crippen molar-refractivity contribution in [1.82, 2.24) is 0 Å². The molecule has 0 aliphatic heterocycles. The lowest BCUT2D eigenvalue weighted by atomic mass is 9.65. The molecule has 2 unspecified atom stereocenters. The molecular formula is C18H24ClN3O2. The van der Waals surface area contributed by atoms with Crippen LogP contribution in [0.4, 0.5) is 11.4 Å². The zero-order valence-electron chi connectivity index (χ0n) is 13.8. The first-order valence-corrected chi connectivity index (χ1v) is 8.95. The van der Waals surface area contributed by atoms with Gasteiger partial charge in [-0.2, -0.15) is 0 Å². The SMILES string of the molecule is CC(=O)Nc1ccc(Cl)c(NC(=O)C2CC3CCCC(C2)C3N)c1. The van der Waals surface area contributed by atoms with Gasteiger partial charge >= 0.3 is 0 Å². The van der Waals surface area contributed by atoms with Crippen LogP contribution in [0.3, 0.4) is 0 Å². The summed E-state index contributed by atoms with van der Waals surface area (Å²) in [6, 6.07) is 5.32. The van der Waals surface area contributed by atoms with Gasteiger partial charge in [0, 0.05) is 24.6 Å². The van der Waals surface area contributed by atoms with Gasteiger partial charge in [0.05, 0.1) is 10.7 Å². The van der Waals surface area contributed by atoms with Crippen LogP contribution >= 0.6 is 11.6 Å². The topological polar surface area (TPSA) is 84.2 Å². The molecule has 2 amide bonds. The molecule has 130 valence electrons. The average molecular weight is 350 g/mol. The predicted octanol–water partition coefficient (Wildman–Crippen LogP) is 3.39. The van der Waals surface area contributed by atoms with Crippen molar-refractivity contribution in [3.05, 3.63) is 23.2 Å². The number of carbonyl (C=O) groups is 2. The predicted molar refractivity (Wildman–Crippen MR) is 95.9 cm³/mol. The molecule has 4 N–H and O–H groups in total. The number of fused-ring (bicyclic) bond motifs is 2. The second kappa shape index (κ2) is 7.11. The molecule has 3 rings (SSSR count). The van der Waals surface area contributed by atoms with Gasteiger partial charge in [-0.05, 0) is 55.7 Å². The highest BCUT2D eigenvalue weighted by Crippen LogP contribution is 2.42. The number of anilines is 2. The number of rotatable bonds is 3. The molecule has 0 heterocycles. The van der Waals surface area contributed by atoms with E-state index in [2.05, 4.69) is 10.6 Å². The average Bonchev–Trinajstić information content (AvgIpc) is 2.49. The number of carbonyl (C=O) groups excluding carboxylic acids is 2. The summed E-state index contributed by atoms with van der Waals surface area (Å²) in [5.74, 6) is 0.730. The van der Waals surface area contributed by atoms with Crippen LogP contribution < -0.4 is 16.4 Å². The molecule has 2 bridgehead atoms. The van der Waals surface area contributed by atoms with Crippen molar-refractivity contribution in [2.45, 2.75) is 45.1 Å². The molecule has 1 aromatic carbocycles. The largest absolute Gasteiger partial charge is 0.327 e. The first-order valence-electron chi connectivity index (χ1n) is 8.57. The van der Waals surface area contributed by atoms with Crippen molar-refractivity contribution in [3.8, 4) is 0 Å². The number of halogens is 1. The second-order valence-corrected chi connectivity index (χ2v) is 7.47. The van der Waals surface area contributed by atoms with Gasteiger partial charge in [-0.25, -0.2) is 0 Å². The highest BCUT2D eigenvalue weighted by atomic mass is 35.5. The van der Waals surface area contributed by atoms with Gasteiger partial charge in [-0.15, -0.1) is 0 Å². The van der Waals surface area contributed by atoms with E-state index in [9.17, 15) is 9.59 Å². The van der Waals surface area contributed by atoms with Crippen molar-refractivity contribution >= 4 is 34.8 Å². The summed E-state index contributed by atoms with van der Waals surface area (Å²) in [5.41, 5.74) is 7.45. The molecule has 5 nitrogen and oxygen atoms in total. The standard InChI is InChI=1S/C18H24ClN3O2/c1-10(23)21-14-5-6-15(19)16(9-14)22-18(24)13-7-11-3-2-4-12(8-13)17(11)20/h5-6,9,11-13,17H,2-4,7-8,20H2,1H3,(H,21,23)(H,22,24). The summed E-state index contributed by atoms with van der Waals surface area (Å²) in [4.78, 5) is 23.9. The van der Waals surface area contributed by atoms with Crippen molar-refractivity contribution < 1.29 is 9.59 Å². The lowest BCUT2D eigenvalue weighted by molar-refractivity contribution is -0.122. The van der Waals surface area contributed by atoms with E-state index in [-0.39, 0.29) is 23.8 Å². The van der Waals surface area contributed by atoms with E-state index in [1.165, 1.54) is 13.3 Å². The maximum absolute atomic E-state index is 12.7. The zero-order chi connectivity index (χ0) is 17.3. The molecule has 2 atom stereocenters. The fourth-order valence-corrected chi connectivity index (χ4v) is 4.30. The second-order valence-electron chi connectivity index (χ2n) is 7.06. The van der Waals surface area contributed by atoms with E-state index in [0.717, 1.165) is 25.7 Å². The molecule has 0 saturated heterocycles. The Morgan fingerprint density at radius 2 is 1.83 bits per heavy atom. The van der Waals surface area contributed by atoms with Crippen molar-refractivity contribution in [2.75, 3.05) is 10.6 Å². The minimum Gasteiger partial charge on any atom is -0.327 e. The summed E-state index contributed by atoms with van der Waals surface area (Å²) in [5, 5.41) is 6.10. The third kappa shape index (κ3) is 3.73. The quantitative estimate of drug-likeness (QED) is 0.782. The molecule has 2 aliphatic carbocycles. The first kappa shape index (κ1) is 17.2. The molecule has 2 fully saturated rings. The third-order valence-electron chi connectivity index (χ3n) is 5.33. The Kier molecular flexibility index (Phi) is 5.11. The summed E-state index contributed by atoms with van der Waals surface area (Å²) >= 11 is 6.19. The van der Waals surface area contributed by atoms with E-state index in [1.54, 1.807) is 18.2 Å². The smallest absolute Gasteiger partial charge is 0.227 e. The van der Waals surface area contributed by atoms with E-state index >= 15 is 0 Å². The Hall–Kier alpha value is -1.59. The van der Waals surface area contributed by atoms with Crippen LogP contribution in [0.2, 0.25) is 5.02 Å². The fourth-order valence-electron chi connectivity index (χ4n) is 4.14. The number of nitrogens with one attached hydrogen (secondary N) is 2. The molecule has 0 spiro atoms. The van der Waals surface area contributed by atoms with E-state index in [4.69, 9.17) is 17.3 Å². The monoisotopic (exact) mass is 349 g/mol. The van der Waals surface area contributed by atoms with E-state index in [1.807, 2.05) is 0 Å². The minimum absolute atomic E-state index is 0.000625. The third-order valence-corrected chi connectivity index (χ3v) is 5.66. The summed E-state index contributed by atoms with van der Waals surface area (Å²) < 4.78 is 0. The highest BCUT2D eigenvalue weighted by molar-refractivity contribution is 6.33. The minimum atomic E-state index is -0.163. The molecule has 2 saturated carbocycles. The van der Waals surface area contributed by atoms with Crippen LogP contribution in [-0.2, 0) is 9.59 Å². The van der Waals surface area contributed by atoms with Crippen LogP contribution in [0.5, 0.6) is 0 Å². The molecule has 0 radical (unpaired) electrons. The van der Waals surface area contributed by atoms with Crippen LogP contribution in [0.25, 0.3) is 0 Å². The summed E-state index contributed by atoms with van der Waals surface area (Å²) in [6.45, 7) is 1.44. The van der Waals surface area contributed by atoms with Crippen LogP contribution in [-0.4, -0.2) is 17.9 Å². The van der Waals surface area contributed by atoms with Gasteiger partial charge in [0.25, 0.3) is 0 Å². The lowest BCUT2D eigenvalue weighted by Crippen LogP contribution is -2.48. The number of nitrogens with two attached hydrogens (primary N) is 1. The zero-order valence-corrected chi connectivity index (χ0v) is 14.6. The van der Waals surface area contributed by atoms with Crippen molar-refractivity contribution in [2.24, 2.45) is 23.5 Å².